The van der Waals surface area contributed by atoms with Crippen LogP contribution in [-0.4, -0.2) is 51.3 Å². The number of methoxy groups -OCH3 is 1. The van der Waals surface area contributed by atoms with Gasteiger partial charge in [0.05, 0.1) is 13.7 Å². The fraction of sp³-hybridized carbons (Fsp3) is 0.500. The van der Waals surface area contributed by atoms with Crippen LogP contribution in [-0.2, 0) is 24.1 Å². The van der Waals surface area contributed by atoms with Gasteiger partial charge in [-0.15, -0.1) is 0 Å². The molecule has 1 fully saturated rings. The average molecular weight is 449 g/mol. The first kappa shape index (κ1) is 22.5. The topological polar surface area (TPSA) is 64.8 Å². The summed E-state index contributed by atoms with van der Waals surface area (Å²) in [5, 5.41) is 3.67. The summed E-state index contributed by atoms with van der Waals surface area (Å²) >= 11 is 0. The summed E-state index contributed by atoms with van der Waals surface area (Å²) in [6.45, 7) is 5.39. The van der Waals surface area contributed by atoms with Crippen LogP contribution in [0.15, 0.2) is 30.6 Å². The van der Waals surface area contributed by atoms with E-state index in [1.54, 1.807) is 7.11 Å². The van der Waals surface area contributed by atoms with Gasteiger partial charge in [-0.05, 0) is 56.6 Å². The number of ether oxygens (including phenoxy) is 2. The Bertz CT molecular complexity index is 1060. The Morgan fingerprint density at radius 3 is 2.62 bits per heavy atom. The van der Waals surface area contributed by atoms with Crippen LogP contribution in [0, 0.1) is 0 Å². The SMILES string of the molecule is CCOCc1cc(CN2CCC(c3cc(C(F)(F)F)n4ncnc4n3)CC2)ccc1OC. The number of fused-ring (bicyclic) bond motifs is 1. The third-order valence-corrected chi connectivity index (χ3v) is 5.78. The maximum Gasteiger partial charge on any atom is 0.433 e. The molecule has 32 heavy (non-hydrogen) atoms. The van der Waals surface area contributed by atoms with E-state index >= 15 is 0 Å². The van der Waals surface area contributed by atoms with Crippen LogP contribution >= 0.6 is 0 Å². The number of nitrogens with zero attached hydrogens (tertiary/aromatic N) is 5. The predicted octanol–water partition coefficient (Wildman–Crippen LogP) is 4.07. The second-order valence-electron chi connectivity index (χ2n) is 7.87. The molecule has 10 heteroatoms. The highest BCUT2D eigenvalue weighted by Crippen LogP contribution is 2.34. The lowest BCUT2D eigenvalue weighted by molar-refractivity contribution is -0.142. The van der Waals surface area contributed by atoms with E-state index in [0.29, 0.717) is 18.9 Å². The lowest BCUT2D eigenvalue weighted by Crippen LogP contribution is -2.33. The van der Waals surface area contributed by atoms with Crippen molar-refractivity contribution in [3.05, 3.63) is 53.1 Å². The molecule has 7 nitrogen and oxygen atoms in total. The normalized spacial score (nSPS) is 16.0. The molecule has 2 aromatic heterocycles. The van der Waals surface area contributed by atoms with E-state index in [2.05, 4.69) is 26.0 Å². The Hall–Kier alpha value is -2.72. The van der Waals surface area contributed by atoms with Crippen molar-refractivity contribution in [1.29, 1.82) is 0 Å². The molecule has 4 rings (SSSR count). The van der Waals surface area contributed by atoms with Gasteiger partial charge in [-0.2, -0.15) is 27.8 Å². The molecule has 1 saturated heterocycles. The van der Waals surface area contributed by atoms with E-state index in [1.165, 1.54) is 0 Å². The van der Waals surface area contributed by atoms with Crippen LogP contribution in [0.4, 0.5) is 13.2 Å². The van der Waals surface area contributed by atoms with E-state index in [1.807, 2.05) is 19.1 Å². The Kier molecular flexibility index (Phi) is 6.61. The van der Waals surface area contributed by atoms with Gasteiger partial charge in [-0.1, -0.05) is 6.07 Å². The molecule has 0 saturated carbocycles. The Labute approximate surface area is 184 Å². The van der Waals surface area contributed by atoms with Crippen molar-refractivity contribution in [3.63, 3.8) is 0 Å². The summed E-state index contributed by atoms with van der Waals surface area (Å²) in [6.07, 6.45) is -1.95. The van der Waals surface area contributed by atoms with E-state index in [-0.39, 0.29) is 11.7 Å². The molecule has 1 aliphatic rings. The van der Waals surface area contributed by atoms with E-state index in [9.17, 15) is 13.2 Å². The van der Waals surface area contributed by atoms with E-state index in [0.717, 1.165) is 66.3 Å². The number of aromatic nitrogens is 4. The molecule has 0 aliphatic carbocycles. The number of piperidine rings is 1. The largest absolute Gasteiger partial charge is 0.496 e. The predicted molar refractivity (Wildman–Crippen MR) is 111 cm³/mol. The van der Waals surface area contributed by atoms with Crippen LogP contribution in [0.3, 0.4) is 0 Å². The second-order valence-corrected chi connectivity index (χ2v) is 7.87. The average Bonchev–Trinajstić information content (AvgIpc) is 3.25. The number of benzene rings is 1. The van der Waals surface area contributed by atoms with Crippen molar-refractivity contribution >= 4 is 5.78 Å². The van der Waals surface area contributed by atoms with Crippen LogP contribution in [0.5, 0.6) is 5.75 Å². The van der Waals surface area contributed by atoms with Gasteiger partial charge in [-0.3, -0.25) is 4.90 Å². The van der Waals surface area contributed by atoms with Crippen molar-refractivity contribution in [2.24, 2.45) is 0 Å². The highest BCUT2D eigenvalue weighted by molar-refractivity contribution is 5.37. The Morgan fingerprint density at radius 2 is 1.94 bits per heavy atom. The molecule has 3 aromatic rings. The number of likely N-dealkylation sites (tertiary alicyclic amines) is 1. The third kappa shape index (κ3) is 4.86. The fourth-order valence-corrected chi connectivity index (χ4v) is 4.14. The minimum atomic E-state index is -4.52. The molecule has 3 heterocycles. The summed E-state index contributed by atoms with van der Waals surface area (Å²) in [4.78, 5) is 10.5. The van der Waals surface area contributed by atoms with Gasteiger partial charge in [0.1, 0.15) is 12.1 Å². The van der Waals surface area contributed by atoms with Gasteiger partial charge in [0.2, 0.25) is 0 Å². The molecule has 0 bridgehead atoms. The first-order valence-electron chi connectivity index (χ1n) is 10.6. The van der Waals surface area contributed by atoms with Crippen LogP contribution in [0.2, 0.25) is 0 Å². The second kappa shape index (κ2) is 9.41. The highest BCUT2D eigenvalue weighted by Gasteiger charge is 2.36. The molecule has 0 spiro atoms. The molecule has 0 radical (unpaired) electrons. The number of alkyl halides is 3. The zero-order valence-electron chi connectivity index (χ0n) is 18.1. The smallest absolute Gasteiger partial charge is 0.433 e. The van der Waals surface area contributed by atoms with Crippen molar-refractivity contribution in [2.75, 3.05) is 26.8 Å². The first-order valence-corrected chi connectivity index (χ1v) is 10.6. The number of hydrogen-bond donors (Lipinski definition) is 0. The van der Waals surface area contributed by atoms with Gasteiger partial charge < -0.3 is 9.47 Å². The maximum absolute atomic E-state index is 13.5. The van der Waals surface area contributed by atoms with Crippen LogP contribution in [0.1, 0.15) is 48.2 Å². The fourth-order valence-electron chi connectivity index (χ4n) is 4.14. The maximum atomic E-state index is 13.5. The molecular weight excluding hydrogens is 423 g/mol. The lowest BCUT2D eigenvalue weighted by atomic mass is 9.92. The monoisotopic (exact) mass is 449 g/mol. The molecule has 0 N–H and O–H groups in total. The Balaban J connectivity index is 1.44. The summed E-state index contributed by atoms with van der Waals surface area (Å²) < 4.78 is 52.1. The van der Waals surface area contributed by atoms with Crippen LogP contribution < -0.4 is 4.74 Å². The van der Waals surface area contributed by atoms with Gasteiger partial charge in [-0.25, -0.2) is 4.98 Å². The Morgan fingerprint density at radius 1 is 1.16 bits per heavy atom. The zero-order chi connectivity index (χ0) is 22.7. The summed E-state index contributed by atoms with van der Waals surface area (Å²) in [7, 11) is 1.64. The highest BCUT2D eigenvalue weighted by atomic mass is 19.4. The standard InChI is InChI=1S/C22H26F3N5O2/c1-3-32-13-17-10-15(4-5-19(17)31-2)12-29-8-6-16(7-9-29)18-11-20(22(23,24)25)30-21(28-18)26-14-27-30/h4-5,10-11,14,16H,3,6-9,12-13H2,1-2H3. The molecule has 0 unspecified atom stereocenters. The van der Waals surface area contributed by atoms with Crippen molar-refractivity contribution < 1.29 is 22.6 Å². The van der Waals surface area contributed by atoms with Crippen molar-refractivity contribution in [1.82, 2.24) is 24.5 Å². The third-order valence-electron chi connectivity index (χ3n) is 5.78. The lowest BCUT2D eigenvalue weighted by Gasteiger charge is -2.32. The minimum Gasteiger partial charge on any atom is -0.496 e. The zero-order valence-corrected chi connectivity index (χ0v) is 18.1. The molecule has 1 aromatic carbocycles. The summed E-state index contributed by atoms with van der Waals surface area (Å²) in [5.74, 6) is 0.743. The van der Waals surface area contributed by atoms with E-state index in [4.69, 9.17) is 9.47 Å². The molecule has 1 aliphatic heterocycles. The number of halogens is 3. The van der Waals surface area contributed by atoms with Crippen molar-refractivity contribution in [2.45, 2.75) is 45.0 Å². The van der Waals surface area contributed by atoms with E-state index < -0.39 is 11.9 Å². The summed E-state index contributed by atoms with van der Waals surface area (Å²) in [5.41, 5.74) is 1.76. The van der Waals surface area contributed by atoms with Crippen LogP contribution in [0.25, 0.3) is 5.78 Å². The first-order chi connectivity index (χ1) is 15.4. The van der Waals surface area contributed by atoms with Gasteiger partial charge in [0, 0.05) is 30.3 Å². The molecule has 0 amide bonds. The molecular formula is C22H26F3N5O2. The molecule has 172 valence electrons. The molecule has 0 atom stereocenters. The quantitative estimate of drug-likeness (QED) is 0.542. The summed E-state index contributed by atoms with van der Waals surface area (Å²) in [6, 6.07) is 7.20. The number of hydrogen-bond acceptors (Lipinski definition) is 6. The van der Waals surface area contributed by atoms with Gasteiger partial charge >= 0.3 is 6.18 Å². The minimum absolute atomic E-state index is 0.0164. The van der Waals surface area contributed by atoms with Crippen molar-refractivity contribution in [3.8, 4) is 5.75 Å². The number of rotatable bonds is 7. The van der Waals surface area contributed by atoms with Gasteiger partial charge in [0.25, 0.3) is 5.78 Å². The van der Waals surface area contributed by atoms with Gasteiger partial charge in [0.15, 0.2) is 5.69 Å².